The minimum atomic E-state index is 0.250. The third kappa shape index (κ3) is 2.44. The number of rotatable bonds is 2. The summed E-state index contributed by atoms with van der Waals surface area (Å²) in [7, 11) is 0. The molecule has 0 aromatic heterocycles. The first kappa shape index (κ1) is 9.00. The average molecular weight is 182 g/mol. The van der Waals surface area contributed by atoms with E-state index in [0.717, 1.165) is 25.7 Å². The number of carbonyl (C=O) groups is 1. The van der Waals surface area contributed by atoms with Crippen molar-refractivity contribution in [1.82, 2.24) is 5.32 Å². The Morgan fingerprint density at radius 1 is 1.08 bits per heavy atom. The molecule has 0 radical (unpaired) electrons. The molecule has 0 atom stereocenters. The largest absolute Gasteiger partial charge is 0.353 e. The highest BCUT2D eigenvalue weighted by Gasteiger charge is 2.29. The standard InChI is InChI=1S/C10H18N2O/c11-8-3-1-7(2-4-8)10(13)12-9-5-6-9/h7-9H,1-6,11H2,(H,12,13). The van der Waals surface area contributed by atoms with Crippen LogP contribution < -0.4 is 11.1 Å². The van der Waals surface area contributed by atoms with Gasteiger partial charge in [-0.3, -0.25) is 4.79 Å². The number of hydrogen-bond donors (Lipinski definition) is 2. The molecular formula is C10H18N2O. The Balaban J connectivity index is 1.75. The summed E-state index contributed by atoms with van der Waals surface area (Å²) >= 11 is 0. The first-order valence-corrected chi connectivity index (χ1v) is 5.31. The fourth-order valence-electron chi connectivity index (χ4n) is 1.93. The minimum Gasteiger partial charge on any atom is -0.353 e. The van der Waals surface area contributed by atoms with Crippen LogP contribution in [0.4, 0.5) is 0 Å². The van der Waals surface area contributed by atoms with E-state index in [9.17, 15) is 4.79 Å². The predicted molar refractivity (Wildman–Crippen MR) is 51.1 cm³/mol. The highest BCUT2D eigenvalue weighted by Crippen LogP contribution is 2.25. The zero-order valence-electron chi connectivity index (χ0n) is 7.96. The summed E-state index contributed by atoms with van der Waals surface area (Å²) in [5, 5.41) is 3.06. The molecule has 0 unspecified atom stereocenters. The van der Waals surface area contributed by atoms with Crippen LogP contribution in [0.25, 0.3) is 0 Å². The molecule has 0 heterocycles. The summed E-state index contributed by atoms with van der Waals surface area (Å²) in [6.45, 7) is 0. The van der Waals surface area contributed by atoms with Crippen molar-refractivity contribution in [3.8, 4) is 0 Å². The summed E-state index contributed by atoms with van der Waals surface area (Å²) in [6.07, 6.45) is 6.36. The van der Waals surface area contributed by atoms with Crippen LogP contribution in [0.5, 0.6) is 0 Å². The average Bonchev–Trinajstić information content (AvgIpc) is 2.89. The lowest BCUT2D eigenvalue weighted by atomic mass is 9.86. The van der Waals surface area contributed by atoms with Crippen LogP contribution in [0.2, 0.25) is 0 Å². The molecule has 3 heteroatoms. The van der Waals surface area contributed by atoms with E-state index < -0.39 is 0 Å². The van der Waals surface area contributed by atoms with Crippen molar-refractivity contribution in [3.63, 3.8) is 0 Å². The second-order valence-corrected chi connectivity index (χ2v) is 4.39. The van der Waals surface area contributed by atoms with E-state index in [2.05, 4.69) is 5.32 Å². The van der Waals surface area contributed by atoms with Crippen molar-refractivity contribution < 1.29 is 4.79 Å². The molecule has 2 rings (SSSR count). The number of nitrogens with two attached hydrogens (primary N) is 1. The smallest absolute Gasteiger partial charge is 0.223 e. The van der Waals surface area contributed by atoms with Gasteiger partial charge < -0.3 is 11.1 Å². The van der Waals surface area contributed by atoms with Gasteiger partial charge >= 0.3 is 0 Å². The monoisotopic (exact) mass is 182 g/mol. The molecule has 2 saturated carbocycles. The van der Waals surface area contributed by atoms with Gasteiger partial charge in [0.2, 0.25) is 5.91 Å². The molecule has 2 aliphatic carbocycles. The zero-order valence-corrected chi connectivity index (χ0v) is 7.96. The summed E-state index contributed by atoms with van der Waals surface area (Å²) in [4.78, 5) is 11.6. The van der Waals surface area contributed by atoms with Gasteiger partial charge in [-0.15, -0.1) is 0 Å². The van der Waals surface area contributed by atoms with Crippen LogP contribution in [0, 0.1) is 5.92 Å². The Hall–Kier alpha value is -0.570. The van der Waals surface area contributed by atoms with Crippen LogP contribution in [0.15, 0.2) is 0 Å². The lowest BCUT2D eigenvalue weighted by molar-refractivity contribution is -0.126. The predicted octanol–water partition coefficient (Wildman–Crippen LogP) is 0.782. The van der Waals surface area contributed by atoms with E-state index in [1.165, 1.54) is 12.8 Å². The lowest BCUT2D eigenvalue weighted by Crippen LogP contribution is -2.37. The Morgan fingerprint density at radius 3 is 2.23 bits per heavy atom. The van der Waals surface area contributed by atoms with Crippen molar-refractivity contribution in [2.24, 2.45) is 11.7 Å². The van der Waals surface area contributed by atoms with Gasteiger partial charge in [0.15, 0.2) is 0 Å². The molecule has 0 aromatic carbocycles. The number of carbonyl (C=O) groups excluding carboxylic acids is 1. The number of hydrogen-bond acceptors (Lipinski definition) is 2. The Morgan fingerprint density at radius 2 is 1.69 bits per heavy atom. The van der Waals surface area contributed by atoms with Crippen molar-refractivity contribution in [3.05, 3.63) is 0 Å². The molecule has 1 amide bonds. The quantitative estimate of drug-likeness (QED) is 0.663. The van der Waals surface area contributed by atoms with E-state index in [4.69, 9.17) is 5.73 Å². The first-order chi connectivity index (χ1) is 6.25. The molecule has 0 aromatic rings. The second kappa shape index (κ2) is 3.66. The number of nitrogens with one attached hydrogen (secondary N) is 1. The van der Waals surface area contributed by atoms with Crippen LogP contribution >= 0.6 is 0 Å². The Kier molecular flexibility index (Phi) is 2.54. The second-order valence-electron chi connectivity index (χ2n) is 4.39. The van der Waals surface area contributed by atoms with Gasteiger partial charge in [-0.05, 0) is 38.5 Å². The van der Waals surface area contributed by atoms with E-state index >= 15 is 0 Å². The molecule has 0 bridgehead atoms. The van der Waals surface area contributed by atoms with Crippen molar-refractivity contribution in [2.45, 2.75) is 50.6 Å². The SMILES string of the molecule is NC1CCC(C(=O)NC2CC2)CC1. The van der Waals surface area contributed by atoms with E-state index in [1.54, 1.807) is 0 Å². The fraction of sp³-hybridized carbons (Fsp3) is 0.900. The fourth-order valence-corrected chi connectivity index (χ4v) is 1.93. The zero-order chi connectivity index (χ0) is 9.26. The van der Waals surface area contributed by atoms with Crippen LogP contribution in [0.1, 0.15) is 38.5 Å². The van der Waals surface area contributed by atoms with E-state index in [0.29, 0.717) is 12.1 Å². The van der Waals surface area contributed by atoms with Crippen LogP contribution in [-0.4, -0.2) is 18.0 Å². The third-order valence-electron chi connectivity index (χ3n) is 3.07. The molecule has 3 nitrogen and oxygen atoms in total. The lowest BCUT2D eigenvalue weighted by Gasteiger charge is -2.25. The van der Waals surface area contributed by atoms with Crippen LogP contribution in [0.3, 0.4) is 0 Å². The third-order valence-corrected chi connectivity index (χ3v) is 3.07. The Bertz CT molecular complexity index is 193. The normalized spacial score (nSPS) is 34.2. The van der Waals surface area contributed by atoms with Gasteiger partial charge in [0, 0.05) is 18.0 Å². The Labute approximate surface area is 79.1 Å². The molecule has 2 aliphatic rings. The first-order valence-electron chi connectivity index (χ1n) is 5.31. The minimum absolute atomic E-state index is 0.250. The molecule has 0 saturated heterocycles. The molecule has 0 spiro atoms. The van der Waals surface area contributed by atoms with Crippen molar-refractivity contribution in [1.29, 1.82) is 0 Å². The maximum Gasteiger partial charge on any atom is 0.223 e. The van der Waals surface area contributed by atoms with Gasteiger partial charge in [-0.1, -0.05) is 0 Å². The highest BCUT2D eigenvalue weighted by molar-refractivity contribution is 5.79. The maximum absolute atomic E-state index is 11.6. The van der Waals surface area contributed by atoms with Crippen molar-refractivity contribution >= 4 is 5.91 Å². The summed E-state index contributed by atoms with van der Waals surface area (Å²) in [6, 6.07) is 0.841. The highest BCUT2D eigenvalue weighted by atomic mass is 16.2. The summed E-state index contributed by atoms with van der Waals surface area (Å²) < 4.78 is 0. The maximum atomic E-state index is 11.6. The number of amides is 1. The molecular weight excluding hydrogens is 164 g/mol. The van der Waals surface area contributed by atoms with Crippen molar-refractivity contribution in [2.75, 3.05) is 0 Å². The molecule has 0 aliphatic heterocycles. The molecule has 3 N–H and O–H groups in total. The van der Waals surface area contributed by atoms with Gasteiger partial charge in [0.05, 0.1) is 0 Å². The van der Waals surface area contributed by atoms with Gasteiger partial charge in [-0.25, -0.2) is 0 Å². The molecule has 2 fully saturated rings. The van der Waals surface area contributed by atoms with Crippen LogP contribution in [-0.2, 0) is 4.79 Å². The molecule has 74 valence electrons. The van der Waals surface area contributed by atoms with Gasteiger partial charge in [0.1, 0.15) is 0 Å². The summed E-state index contributed by atoms with van der Waals surface area (Å²) in [5.74, 6) is 0.523. The topological polar surface area (TPSA) is 55.1 Å². The van der Waals surface area contributed by atoms with E-state index in [-0.39, 0.29) is 11.8 Å². The molecule has 13 heavy (non-hydrogen) atoms. The van der Waals surface area contributed by atoms with Gasteiger partial charge in [-0.2, -0.15) is 0 Å². The van der Waals surface area contributed by atoms with Gasteiger partial charge in [0.25, 0.3) is 0 Å². The summed E-state index contributed by atoms with van der Waals surface area (Å²) in [5.41, 5.74) is 5.78. The van der Waals surface area contributed by atoms with E-state index in [1.807, 2.05) is 0 Å².